The summed E-state index contributed by atoms with van der Waals surface area (Å²) >= 11 is 1.13. The number of carbonyl (C=O) groups is 1. The number of carboxylic acids is 1. The Kier molecular flexibility index (Phi) is 2.70. The van der Waals surface area contributed by atoms with Gasteiger partial charge in [-0.05, 0) is 18.2 Å². The first-order valence-corrected chi connectivity index (χ1v) is 5.65. The average Bonchev–Trinajstić information content (AvgIpc) is 2.83. The largest absolute Gasteiger partial charge is 0.477 e. The summed E-state index contributed by atoms with van der Waals surface area (Å²) in [5, 5.41) is 8.88. The molecule has 0 saturated heterocycles. The Bertz CT molecular complexity index is 527. The molecule has 0 bridgehead atoms. The van der Waals surface area contributed by atoms with Crippen LogP contribution in [-0.4, -0.2) is 11.1 Å². The third kappa shape index (κ3) is 1.81. The van der Waals surface area contributed by atoms with Gasteiger partial charge in [0.2, 0.25) is 0 Å². The van der Waals surface area contributed by atoms with Crippen molar-refractivity contribution in [3.05, 3.63) is 28.8 Å². The van der Waals surface area contributed by atoms with E-state index >= 15 is 0 Å². The Morgan fingerprint density at radius 3 is 2.81 bits per heavy atom. The molecular weight excluding hydrogens is 226 g/mol. The SMILES string of the molecule is CCc1ccc(-c2cc(N)c(C(=O)O)s2)o1. The number of aryl methyl sites for hydroxylation is 1. The second-order valence-corrected chi connectivity index (χ2v) is 4.37. The lowest BCUT2D eigenvalue weighted by Gasteiger charge is -1.90. The van der Waals surface area contributed by atoms with E-state index in [0.717, 1.165) is 28.4 Å². The van der Waals surface area contributed by atoms with E-state index in [9.17, 15) is 4.79 Å². The van der Waals surface area contributed by atoms with Crippen molar-refractivity contribution in [3.63, 3.8) is 0 Å². The molecule has 0 spiro atoms. The second-order valence-electron chi connectivity index (χ2n) is 3.32. The van der Waals surface area contributed by atoms with E-state index in [1.165, 1.54) is 0 Å². The van der Waals surface area contributed by atoms with Crippen LogP contribution in [0.2, 0.25) is 0 Å². The highest BCUT2D eigenvalue weighted by molar-refractivity contribution is 7.17. The van der Waals surface area contributed by atoms with Crippen LogP contribution in [0.15, 0.2) is 22.6 Å². The molecule has 0 radical (unpaired) electrons. The van der Waals surface area contributed by atoms with Crippen molar-refractivity contribution in [1.29, 1.82) is 0 Å². The van der Waals surface area contributed by atoms with Crippen molar-refractivity contribution < 1.29 is 14.3 Å². The number of carboxylic acid groups (broad SMARTS) is 1. The van der Waals surface area contributed by atoms with Crippen LogP contribution >= 0.6 is 11.3 Å². The van der Waals surface area contributed by atoms with Gasteiger partial charge in [-0.1, -0.05) is 6.92 Å². The van der Waals surface area contributed by atoms with Crippen LogP contribution in [-0.2, 0) is 6.42 Å². The van der Waals surface area contributed by atoms with E-state index in [4.69, 9.17) is 15.3 Å². The van der Waals surface area contributed by atoms with E-state index in [1.807, 2.05) is 19.1 Å². The summed E-state index contributed by atoms with van der Waals surface area (Å²) in [5.41, 5.74) is 5.89. The number of nitrogen functional groups attached to an aromatic ring is 1. The molecule has 0 saturated carbocycles. The third-order valence-corrected chi connectivity index (χ3v) is 3.36. The van der Waals surface area contributed by atoms with E-state index < -0.39 is 5.97 Å². The van der Waals surface area contributed by atoms with Crippen molar-refractivity contribution in [2.75, 3.05) is 5.73 Å². The van der Waals surface area contributed by atoms with Gasteiger partial charge in [0, 0.05) is 6.42 Å². The summed E-state index contributed by atoms with van der Waals surface area (Å²) in [7, 11) is 0. The monoisotopic (exact) mass is 237 g/mol. The number of anilines is 1. The van der Waals surface area contributed by atoms with Gasteiger partial charge in [0.25, 0.3) is 0 Å². The van der Waals surface area contributed by atoms with Crippen LogP contribution in [0.5, 0.6) is 0 Å². The molecule has 2 heterocycles. The summed E-state index contributed by atoms with van der Waals surface area (Å²) in [4.78, 5) is 11.7. The molecule has 2 aromatic heterocycles. The van der Waals surface area contributed by atoms with Crippen LogP contribution in [0.25, 0.3) is 10.6 Å². The molecule has 84 valence electrons. The standard InChI is InChI=1S/C11H11NO3S/c1-2-6-3-4-8(15-6)9-5-7(12)10(16-9)11(13)14/h3-5H,2,12H2,1H3,(H,13,14). The van der Waals surface area contributed by atoms with Crippen LogP contribution in [0.3, 0.4) is 0 Å². The maximum absolute atomic E-state index is 10.8. The molecule has 0 fully saturated rings. The Morgan fingerprint density at radius 1 is 1.56 bits per heavy atom. The number of nitrogens with two attached hydrogens (primary N) is 1. The summed E-state index contributed by atoms with van der Waals surface area (Å²) in [6, 6.07) is 5.34. The van der Waals surface area contributed by atoms with E-state index in [-0.39, 0.29) is 10.6 Å². The Morgan fingerprint density at radius 2 is 2.31 bits per heavy atom. The van der Waals surface area contributed by atoms with E-state index in [2.05, 4.69) is 0 Å². The van der Waals surface area contributed by atoms with Gasteiger partial charge in [-0.2, -0.15) is 0 Å². The zero-order chi connectivity index (χ0) is 11.7. The van der Waals surface area contributed by atoms with Crippen molar-refractivity contribution in [3.8, 4) is 10.6 Å². The third-order valence-electron chi connectivity index (χ3n) is 2.21. The summed E-state index contributed by atoms with van der Waals surface area (Å²) in [6.45, 7) is 1.99. The minimum absolute atomic E-state index is 0.157. The fraction of sp³-hybridized carbons (Fsp3) is 0.182. The van der Waals surface area contributed by atoms with Crippen LogP contribution in [0, 0.1) is 0 Å². The van der Waals surface area contributed by atoms with Gasteiger partial charge in [0.1, 0.15) is 16.4 Å². The minimum Gasteiger partial charge on any atom is -0.477 e. The van der Waals surface area contributed by atoms with Crippen molar-refractivity contribution in [2.45, 2.75) is 13.3 Å². The first kappa shape index (κ1) is 10.8. The molecule has 0 aliphatic rings. The fourth-order valence-corrected chi connectivity index (χ4v) is 2.27. The number of hydrogen-bond donors (Lipinski definition) is 2. The lowest BCUT2D eigenvalue weighted by molar-refractivity contribution is 0.0703. The minimum atomic E-state index is -1.00. The van der Waals surface area contributed by atoms with E-state index in [0.29, 0.717) is 5.76 Å². The molecule has 2 aromatic rings. The zero-order valence-corrected chi connectivity index (χ0v) is 9.50. The Hall–Kier alpha value is -1.75. The summed E-state index contributed by atoms with van der Waals surface area (Å²) in [6.07, 6.45) is 0.812. The number of furan rings is 1. The van der Waals surface area contributed by atoms with Crippen molar-refractivity contribution in [2.24, 2.45) is 0 Å². The molecule has 0 unspecified atom stereocenters. The fourth-order valence-electron chi connectivity index (χ4n) is 1.39. The van der Waals surface area contributed by atoms with Crippen LogP contribution in [0.1, 0.15) is 22.4 Å². The number of rotatable bonds is 3. The molecule has 16 heavy (non-hydrogen) atoms. The smallest absolute Gasteiger partial charge is 0.348 e. The number of hydrogen-bond acceptors (Lipinski definition) is 4. The van der Waals surface area contributed by atoms with E-state index in [1.54, 1.807) is 6.07 Å². The normalized spacial score (nSPS) is 10.6. The molecule has 0 amide bonds. The first-order valence-electron chi connectivity index (χ1n) is 4.83. The van der Waals surface area contributed by atoms with Gasteiger partial charge >= 0.3 is 5.97 Å². The molecule has 0 aliphatic carbocycles. The predicted octanol–water partition coefficient (Wildman–Crippen LogP) is 2.85. The zero-order valence-electron chi connectivity index (χ0n) is 8.69. The van der Waals surface area contributed by atoms with Gasteiger partial charge in [0.15, 0.2) is 0 Å². The Balaban J connectivity index is 2.41. The lowest BCUT2D eigenvalue weighted by Crippen LogP contribution is -1.96. The van der Waals surface area contributed by atoms with Gasteiger partial charge in [0.05, 0.1) is 10.6 Å². The second kappa shape index (κ2) is 4.02. The first-order chi connectivity index (χ1) is 7.61. The van der Waals surface area contributed by atoms with Gasteiger partial charge in [-0.15, -0.1) is 11.3 Å². The summed E-state index contributed by atoms with van der Waals surface area (Å²) < 4.78 is 5.53. The molecule has 0 aromatic carbocycles. The quantitative estimate of drug-likeness (QED) is 0.860. The molecule has 0 aliphatic heterocycles. The van der Waals surface area contributed by atoms with Gasteiger partial charge in [-0.25, -0.2) is 4.79 Å². The molecule has 0 atom stereocenters. The maximum atomic E-state index is 10.8. The highest BCUT2D eigenvalue weighted by Crippen LogP contribution is 2.34. The van der Waals surface area contributed by atoms with Crippen LogP contribution < -0.4 is 5.73 Å². The summed E-state index contributed by atoms with van der Waals surface area (Å²) in [5.74, 6) is 0.538. The lowest BCUT2D eigenvalue weighted by atomic mass is 10.3. The Labute approximate surface area is 96.3 Å². The highest BCUT2D eigenvalue weighted by Gasteiger charge is 2.15. The molecular formula is C11H11NO3S. The topological polar surface area (TPSA) is 76.5 Å². The highest BCUT2D eigenvalue weighted by atomic mass is 32.1. The van der Waals surface area contributed by atoms with Gasteiger partial charge in [-0.3, -0.25) is 0 Å². The molecule has 2 rings (SSSR count). The maximum Gasteiger partial charge on any atom is 0.348 e. The van der Waals surface area contributed by atoms with Crippen LogP contribution in [0.4, 0.5) is 5.69 Å². The predicted molar refractivity (Wildman–Crippen MR) is 62.8 cm³/mol. The number of thiophene rings is 1. The van der Waals surface area contributed by atoms with Crippen molar-refractivity contribution >= 4 is 23.0 Å². The van der Waals surface area contributed by atoms with Crippen molar-refractivity contribution in [1.82, 2.24) is 0 Å². The average molecular weight is 237 g/mol. The number of aromatic carboxylic acids is 1. The molecule has 3 N–H and O–H groups in total. The molecule has 4 nitrogen and oxygen atoms in total. The van der Waals surface area contributed by atoms with Gasteiger partial charge < -0.3 is 15.3 Å². The molecule has 5 heteroatoms.